The van der Waals surface area contributed by atoms with Gasteiger partial charge < -0.3 is 5.11 Å². The quantitative estimate of drug-likeness (QED) is 0.681. The van der Waals surface area contributed by atoms with E-state index in [0.717, 1.165) is 16.7 Å². The molecule has 0 radical (unpaired) electrons. The molecule has 1 aromatic heterocycles. The zero-order chi connectivity index (χ0) is 23.1. The molecular weight excluding hydrogens is 458 g/mol. The molecule has 2 aliphatic rings. The summed E-state index contributed by atoms with van der Waals surface area (Å²) in [5.74, 6) is -0.975. The molecular formula is C16H10F6N4O4S. The van der Waals surface area contributed by atoms with Crippen LogP contribution in [0.2, 0.25) is 0 Å². The van der Waals surface area contributed by atoms with Gasteiger partial charge in [0.1, 0.15) is 5.69 Å². The van der Waals surface area contributed by atoms with E-state index in [-0.39, 0.29) is 10.7 Å². The molecule has 1 fully saturated rings. The van der Waals surface area contributed by atoms with Gasteiger partial charge in [-0.05, 0) is 24.6 Å². The zero-order valence-electron chi connectivity index (χ0n) is 14.9. The van der Waals surface area contributed by atoms with Crippen LogP contribution in [0.15, 0.2) is 23.0 Å². The van der Waals surface area contributed by atoms with Crippen molar-refractivity contribution in [2.75, 3.05) is 6.54 Å². The Morgan fingerprint density at radius 3 is 2.35 bits per heavy atom. The van der Waals surface area contributed by atoms with Crippen molar-refractivity contribution in [3.05, 3.63) is 45.5 Å². The van der Waals surface area contributed by atoms with Crippen molar-refractivity contribution >= 4 is 10.0 Å². The molecule has 2 bridgehead atoms. The number of fused-ring (bicyclic) bond motifs is 5. The van der Waals surface area contributed by atoms with Crippen molar-refractivity contribution in [3.8, 4) is 17.6 Å². The molecule has 1 aromatic carbocycles. The first kappa shape index (κ1) is 21.2. The molecule has 0 aliphatic carbocycles. The molecule has 0 spiro atoms. The number of benzene rings is 1. The van der Waals surface area contributed by atoms with Crippen LogP contribution in [0.5, 0.6) is 5.88 Å². The number of nitriles is 1. The number of aromatic hydroxyl groups is 1. The van der Waals surface area contributed by atoms with Gasteiger partial charge in [-0.15, -0.1) is 0 Å². The maximum absolute atomic E-state index is 13.2. The molecule has 2 aromatic rings. The molecule has 2 aliphatic heterocycles. The number of rotatable bonds is 2. The number of alkyl halides is 6. The first-order valence-corrected chi connectivity index (χ1v) is 9.90. The van der Waals surface area contributed by atoms with Crippen molar-refractivity contribution in [2.24, 2.45) is 0 Å². The third kappa shape index (κ3) is 2.85. The van der Waals surface area contributed by atoms with Gasteiger partial charge >= 0.3 is 27.4 Å². The van der Waals surface area contributed by atoms with E-state index in [1.165, 1.54) is 6.07 Å². The Morgan fingerprint density at radius 2 is 1.81 bits per heavy atom. The molecule has 3 heterocycles. The predicted octanol–water partition coefficient (Wildman–Crippen LogP) is 2.39. The number of hydrogen-bond acceptors (Lipinski definition) is 5. The molecule has 0 saturated carbocycles. The van der Waals surface area contributed by atoms with E-state index in [0.29, 0.717) is 10.6 Å². The van der Waals surface area contributed by atoms with Gasteiger partial charge in [0, 0.05) is 6.54 Å². The van der Waals surface area contributed by atoms with Crippen molar-refractivity contribution in [3.63, 3.8) is 0 Å². The van der Waals surface area contributed by atoms with Crippen LogP contribution < -0.4 is 5.69 Å². The van der Waals surface area contributed by atoms with Gasteiger partial charge in [0.15, 0.2) is 0 Å². The van der Waals surface area contributed by atoms with E-state index in [9.17, 15) is 44.7 Å². The monoisotopic (exact) mass is 468 g/mol. The average molecular weight is 468 g/mol. The topological polar surface area (TPSA) is 108 Å². The van der Waals surface area contributed by atoms with Crippen molar-refractivity contribution in [2.45, 2.75) is 30.2 Å². The number of nitrogens with zero attached hydrogens (tertiary/aromatic N) is 4. The summed E-state index contributed by atoms with van der Waals surface area (Å²) in [6, 6.07) is 0.997. The summed E-state index contributed by atoms with van der Waals surface area (Å²) in [5.41, 5.74) is -9.68. The fraction of sp³-hybridized carbons (Fsp3) is 0.375. The van der Waals surface area contributed by atoms with Crippen LogP contribution in [-0.4, -0.2) is 39.0 Å². The Kier molecular flexibility index (Phi) is 4.29. The molecule has 166 valence electrons. The number of halogens is 6. The average Bonchev–Trinajstić information content (AvgIpc) is 3.31. The van der Waals surface area contributed by atoms with E-state index in [2.05, 4.69) is 0 Å². The van der Waals surface area contributed by atoms with Crippen LogP contribution in [0.4, 0.5) is 26.3 Å². The minimum atomic E-state index is -5.76. The highest BCUT2D eigenvalue weighted by Crippen LogP contribution is 2.51. The van der Waals surface area contributed by atoms with Crippen LogP contribution in [0.3, 0.4) is 0 Å². The molecule has 31 heavy (non-hydrogen) atoms. The van der Waals surface area contributed by atoms with Gasteiger partial charge in [0.05, 0.1) is 35.0 Å². The summed E-state index contributed by atoms with van der Waals surface area (Å²) in [6.45, 7) is -0.677. The van der Waals surface area contributed by atoms with Gasteiger partial charge in [-0.2, -0.15) is 35.9 Å². The number of aromatic nitrogens is 2. The van der Waals surface area contributed by atoms with E-state index in [1.807, 2.05) is 0 Å². The Morgan fingerprint density at radius 1 is 1.16 bits per heavy atom. The molecule has 1 N–H and O–H groups in total. The largest absolute Gasteiger partial charge is 0.511 e. The lowest BCUT2D eigenvalue weighted by atomic mass is 10.1. The summed E-state index contributed by atoms with van der Waals surface area (Å²) in [6.07, 6.45) is -5.16. The molecule has 0 unspecified atom stereocenters. The summed E-state index contributed by atoms with van der Waals surface area (Å²) in [4.78, 5) is 12.8. The lowest BCUT2D eigenvalue weighted by Crippen LogP contribution is -2.43. The van der Waals surface area contributed by atoms with Gasteiger partial charge in [0.25, 0.3) is 0 Å². The maximum atomic E-state index is 13.2. The number of hydrogen-bond donors (Lipinski definition) is 1. The Hall–Kier alpha value is -2.99. The minimum absolute atomic E-state index is 0.121. The van der Waals surface area contributed by atoms with Gasteiger partial charge in [-0.3, -0.25) is 4.57 Å². The molecule has 8 nitrogen and oxygen atoms in total. The Balaban J connectivity index is 1.87. The van der Waals surface area contributed by atoms with Gasteiger partial charge in [0.2, 0.25) is 5.88 Å². The highest BCUT2D eigenvalue weighted by molar-refractivity contribution is 7.90. The minimum Gasteiger partial charge on any atom is -0.493 e. The Labute approximate surface area is 169 Å². The molecule has 1 saturated heterocycles. The van der Waals surface area contributed by atoms with Crippen LogP contribution in [0, 0.1) is 11.3 Å². The second kappa shape index (κ2) is 6.26. The molecule has 15 heteroatoms. The second-order valence-corrected chi connectivity index (χ2v) is 8.84. The van der Waals surface area contributed by atoms with Crippen LogP contribution in [0.1, 0.15) is 35.3 Å². The van der Waals surface area contributed by atoms with Gasteiger partial charge in [-0.25, -0.2) is 17.8 Å². The lowest BCUT2D eigenvalue weighted by molar-refractivity contribution is -0.137. The Bertz CT molecular complexity index is 1300. The maximum Gasteiger partial charge on any atom is 0.511 e. The number of sulfonamides is 1. The fourth-order valence-corrected chi connectivity index (χ4v) is 5.20. The summed E-state index contributed by atoms with van der Waals surface area (Å²) in [7, 11) is -5.76. The predicted molar refractivity (Wildman–Crippen MR) is 89.5 cm³/mol. The van der Waals surface area contributed by atoms with Gasteiger partial charge in [-0.1, -0.05) is 0 Å². The second-order valence-electron chi connectivity index (χ2n) is 6.96. The smallest absolute Gasteiger partial charge is 0.493 e. The van der Waals surface area contributed by atoms with Crippen LogP contribution >= 0.6 is 0 Å². The zero-order valence-corrected chi connectivity index (χ0v) is 15.8. The summed E-state index contributed by atoms with van der Waals surface area (Å²) in [5, 5.41) is 19.4. The SMILES string of the molecule is N#Cc1ccc(-n2c(O)c3n(c2=O)[C@H]2C[C@@H]3N(S(=O)(=O)C(F)(F)F)C2)cc1C(F)(F)F. The van der Waals surface area contributed by atoms with Crippen molar-refractivity contribution in [1.29, 1.82) is 5.26 Å². The normalized spacial score (nSPS) is 21.3. The van der Waals surface area contributed by atoms with Crippen LogP contribution in [-0.2, 0) is 16.2 Å². The molecule has 4 rings (SSSR count). The third-order valence-electron chi connectivity index (χ3n) is 5.30. The lowest BCUT2D eigenvalue weighted by Gasteiger charge is -2.27. The van der Waals surface area contributed by atoms with E-state index >= 15 is 0 Å². The molecule has 0 amide bonds. The first-order chi connectivity index (χ1) is 14.2. The van der Waals surface area contributed by atoms with E-state index in [4.69, 9.17) is 5.26 Å². The fourth-order valence-electron chi connectivity index (χ4n) is 4.04. The highest BCUT2D eigenvalue weighted by Gasteiger charge is 2.59. The highest BCUT2D eigenvalue weighted by atomic mass is 32.2. The third-order valence-corrected chi connectivity index (χ3v) is 6.91. The summed E-state index contributed by atoms with van der Waals surface area (Å²) >= 11 is 0. The van der Waals surface area contributed by atoms with E-state index < -0.39 is 74.4 Å². The van der Waals surface area contributed by atoms with Crippen molar-refractivity contribution in [1.82, 2.24) is 13.4 Å². The van der Waals surface area contributed by atoms with Crippen molar-refractivity contribution < 1.29 is 39.9 Å². The van der Waals surface area contributed by atoms with E-state index in [1.54, 1.807) is 0 Å². The first-order valence-electron chi connectivity index (χ1n) is 8.46. The summed E-state index contributed by atoms with van der Waals surface area (Å²) < 4.78 is 104. The van der Waals surface area contributed by atoms with Crippen LogP contribution in [0.25, 0.3) is 5.69 Å². The standard InChI is InChI=1S/C16H10F6N4O4S/c17-15(18,19)10-3-8(2-1-7(10)5-23)26-13(27)12-11-4-9(25(12)14(26)28)6-24(11)31(29,30)16(20,21)22/h1-3,9,11,27H,4,6H2/t9-,11-/m0/s1. The molecule has 2 atom stereocenters. The number of imidazole rings is 1.